The van der Waals surface area contributed by atoms with E-state index in [1.165, 1.54) is 5.69 Å². The van der Waals surface area contributed by atoms with Gasteiger partial charge in [-0.05, 0) is 29.8 Å². The Morgan fingerprint density at radius 3 is 2.43 bits per heavy atom. The third-order valence-electron chi connectivity index (χ3n) is 3.70. The lowest BCUT2D eigenvalue weighted by Gasteiger charge is -2.28. The second kappa shape index (κ2) is 7.65. The second-order valence-corrected chi connectivity index (χ2v) is 5.32. The van der Waals surface area contributed by atoms with Crippen LogP contribution in [0, 0.1) is 0 Å². The lowest BCUT2D eigenvalue weighted by Crippen LogP contribution is -2.36. The number of hydrogen-bond donors (Lipinski definition) is 1. The monoisotopic (exact) mass is 312 g/mol. The van der Waals surface area contributed by atoms with Crippen LogP contribution in [0.1, 0.15) is 5.56 Å². The number of para-hydroxylation sites is 1. The standard InChI is InChI=1S/C18H20N2O3/c21-18(23-17-4-2-1-3-5-17)19-14-15-6-8-16(9-7-15)20-10-12-22-13-11-20/h1-9H,10-14H2,(H,19,21). The molecule has 0 bridgehead atoms. The fourth-order valence-corrected chi connectivity index (χ4v) is 2.45. The van der Waals surface area contributed by atoms with Gasteiger partial charge in [-0.1, -0.05) is 30.3 Å². The maximum atomic E-state index is 11.7. The average Bonchev–Trinajstić information content (AvgIpc) is 2.62. The predicted octanol–water partition coefficient (Wildman–Crippen LogP) is 2.81. The minimum Gasteiger partial charge on any atom is -0.410 e. The van der Waals surface area contributed by atoms with Gasteiger partial charge in [-0.25, -0.2) is 4.79 Å². The van der Waals surface area contributed by atoms with Gasteiger partial charge in [0.2, 0.25) is 0 Å². The van der Waals surface area contributed by atoms with Gasteiger partial charge in [-0.3, -0.25) is 0 Å². The summed E-state index contributed by atoms with van der Waals surface area (Å²) in [6, 6.07) is 17.2. The van der Waals surface area contributed by atoms with E-state index in [2.05, 4.69) is 22.3 Å². The highest BCUT2D eigenvalue weighted by Gasteiger charge is 2.11. The van der Waals surface area contributed by atoms with Crippen molar-refractivity contribution in [1.29, 1.82) is 0 Å². The van der Waals surface area contributed by atoms with Crippen LogP contribution in [0.4, 0.5) is 10.5 Å². The maximum absolute atomic E-state index is 11.7. The van der Waals surface area contributed by atoms with Gasteiger partial charge in [0.05, 0.1) is 13.2 Å². The molecular formula is C18H20N2O3. The molecule has 0 aliphatic carbocycles. The van der Waals surface area contributed by atoms with Gasteiger partial charge >= 0.3 is 6.09 Å². The Balaban J connectivity index is 1.49. The first-order valence-electron chi connectivity index (χ1n) is 7.73. The van der Waals surface area contributed by atoms with E-state index in [1.807, 2.05) is 30.3 Å². The average molecular weight is 312 g/mol. The van der Waals surface area contributed by atoms with Crippen molar-refractivity contribution in [1.82, 2.24) is 5.32 Å². The molecule has 0 atom stereocenters. The quantitative estimate of drug-likeness (QED) is 0.943. The van der Waals surface area contributed by atoms with Crippen molar-refractivity contribution >= 4 is 11.8 Å². The molecular weight excluding hydrogens is 292 g/mol. The van der Waals surface area contributed by atoms with Crippen LogP contribution in [0.5, 0.6) is 5.75 Å². The minimum atomic E-state index is -0.451. The van der Waals surface area contributed by atoms with Crippen molar-refractivity contribution in [2.75, 3.05) is 31.2 Å². The summed E-state index contributed by atoms with van der Waals surface area (Å²) in [5, 5.41) is 2.75. The lowest BCUT2D eigenvalue weighted by molar-refractivity contribution is 0.122. The Morgan fingerprint density at radius 2 is 1.74 bits per heavy atom. The van der Waals surface area contributed by atoms with Gasteiger partial charge in [0.25, 0.3) is 0 Å². The summed E-state index contributed by atoms with van der Waals surface area (Å²) < 4.78 is 10.5. The van der Waals surface area contributed by atoms with E-state index < -0.39 is 6.09 Å². The molecule has 2 aromatic rings. The van der Waals surface area contributed by atoms with E-state index in [4.69, 9.17) is 9.47 Å². The van der Waals surface area contributed by atoms with Crippen molar-refractivity contribution in [2.24, 2.45) is 0 Å². The highest BCUT2D eigenvalue weighted by Crippen LogP contribution is 2.16. The number of nitrogens with zero attached hydrogens (tertiary/aromatic N) is 1. The molecule has 0 aromatic heterocycles. The summed E-state index contributed by atoms with van der Waals surface area (Å²) in [6.45, 7) is 3.82. The van der Waals surface area contributed by atoms with Gasteiger partial charge in [-0.15, -0.1) is 0 Å². The molecule has 1 aliphatic rings. The Hall–Kier alpha value is -2.53. The smallest absolute Gasteiger partial charge is 0.410 e. The third kappa shape index (κ3) is 4.47. The molecule has 5 heteroatoms. The Bertz CT molecular complexity index is 622. The number of morpholine rings is 1. The number of hydrogen-bond acceptors (Lipinski definition) is 4. The van der Waals surface area contributed by atoms with Crippen LogP contribution in [0.15, 0.2) is 54.6 Å². The van der Waals surface area contributed by atoms with E-state index in [9.17, 15) is 4.79 Å². The van der Waals surface area contributed by atoms with E-state index in [0.29, 0.717) is 12.3 Å². The number of anilines is 1. The first-order chi connectivity index (χ1) is 11.3. The van der Waals surface area contributed by atoms with Crippen LogP contribution >= 0.6 is 0 Å². The normalized spacial score (nSPS) is 14.3. The van der Waals surface area contributed by atoms with Crippen molar-refractivity contribution in [3.8, 4) is 5.75 Å². The molecule has 2 aromatic carbocycles. The topological polar surface area (TPSA) is 50.8 Å². The summed E-state index contributed by atoms with van der Waals surface area (Å²) in [7, 11) is 0. The molecule has 1 fully saturated rings. The van der Waals surface area contributed by atoms with Crippen LogP contribution in [-0.2, 0) is 11.3 Å². The summed E-state index contributed by atoms with van der Waals surface area (Å²) in [4.78, 5) is 14.0. The molecule has 1 amide bonds. The Labute approximate surface area is 135 Å². The van der Waals surface area contributed by atoms with Gasteiger partial charge in [0, 0.05) is 25.3 Å². The lowest BCUT2D eigenvalue weighted by atomic mass is 10.2. The largest absolute Gasteiger partial charge is 0.412 e. The number of carbonyl (C=O) groups excluding carboxylic acids is 1. The molecule has 0 unspecified atom stereocenters. The number of nitrogens with one attached hydrogen (secondary N) is 1. The summed E-state index contributed by atoms with van der Waals surface area (Å²) >= 11 is 0. The highest BCUT2D eigenvalue weighted by atomic mass is 16.6. The number of rotatable bonds is 4. The third-order valence-corrected chi connectivity index (χ3v) is 3.70. The summed E-state index contributed by atoms with van der Waals surface area (Å²) in [6.07, 6.45) is -0.451. The molecule has 1 heterocycles. The number of carbonyl (C=O) groups is 1. The predicted molar refractivity (Wildman–Crippen MR) is 88.8 cm³/mol. The Kier molecular flexibility index (Phi) is 5.11. The van der Waals surface area contributed by atoms with Crippen molar-refractivity contribution in [3.63, 3.8) is 0 Å². The van der Waals surface area contributed by atoms with E-state index in [-0.39, 0.29) is 0 Å². The molecule has 5 nitrogen and oxygen atoms in total. The van der Waals surface area contributed by atoms with Crippen molar-refractivity contribution in [3.05, 3.63) is 60.2 Å². The highest BCUT2D eigenvalue weighted by molar-refractivity contribution is 5.70. The van der Waals surface area contributed by atoms with Crippen LogP contribution in [0.3, 0.4) is 0 Å². The summed E-state index contributed by atoms with van der Waals surface area (Å²) in [5.74, 6) is 0.535. The zero-order valence-electron chi connectivity index (χ0n) is 12.9. The van der Waals surface area contributed by atoms with Gasteiger partial charge in [0.1, 0.15) is 5.75 Å². The van der Waals surface area contributed by atoms with Crippen LogP contribution in [0.2, 0.25) is 0 Å². The van der Waals surface area contributed by atoms with Crippen LogP contribution in [-0.4, -0.2) is 32.4 Å². The van der Waals surface area contributed by atoms with Gasteiger partial charge < -0.3 is 19.7 Å². The molecule has 1 aliphatic heterocycles. The van der Waals surface area contributed by atoms with E-state index in [0.717, 1.165) is 31.9 Å². The molecule has 0 radical (unpaired) electrons. The number of benzene rings is 2. The fraction of sp³-hybridized carbons (Fsp3) is 0.278. The fourth-order valence-electron chi connectivity index (χ4n) is 2.45. The molecule has 1 saturated heterocycles. The maximum Gasteiger partial charge on any atom is 0.412 e. The molecule has 0 spiro atoms. The molecule has 120 valence electrons. The second-order valence-electron chi connectivity index (χ2n) is 5.32. The molecule has 23 heavy (non-hydrogen) atoms. The van der Waals surface area contributed by atoms with Crippen molar-refractivity contribution in [2.45, 2.75) is 6.54 Å². The summed E-state index contributed by atoms with van der Waals surface area (Å²) in [5.41, 5.74) is 2.22. The SMILES string of the molecule is O=C(NCc1ccc(N2CCOCC2)cc1)Oc1ccccc1. The zero-order chi connectivity index (χ0) is 15.9. The zero-order valence-corrected chi connectivity index (χ0v) is 12.9. The Morgan fingerprint density at radius 1 is 1.04 bits per heavy atom. The number of ether oxygens (including phenoxy) is 2. The van der Waals surface area contributed by atoms with Crippen LogP contribution < -0.4 is 15.0 Å². The van der Waals surface area contributed by atoms with E-state index in [1.54, 1.807) is 12.1 Å². The van der Waals surface area contributed by atoms with Crippen LogP contribution in [0.25, 0.3) is 0 Å². The van der Waals surface area contributed by atoms with Gasteiger partial charge in [0.15, 0.2) is 0 Å². The van der Waals surface area contributed by atoms with E-state index >= 15 is 0 Å². The first kappa shape index (κ1) is 15.4. The molecule has 3 rings (SSSR count). The molecule has 1 N–H and O–H groups in total. The van der Waals surface area contributed by atoms with Gasteiger partial charge in [-0.2, -0.15) is 0 Å². The van der Waals surface area contributed by atoms with Crippen molar-refractivity contribution < 1.29 is 14.3 Å². The molecule has 0 saturated carbocycles. The number of amides is 1. The minimum absolute atomic E-state index is 0.440. The first-order valence-corrected chi connectivity index (χ1v) is 7.73.